The summed E-state index contributed by atoms with van der Waals surface area (Å²) < 4.78 is 0. The number of hydrazine groups is 1. The Balaban J connectivity index is 1.35. The van der Waals surface area contributed by atoms with E-state index in [4.69, 9.17) is 0 Å². The van der Waals surface area contributed by atoms with E-state index in [1.54, 1.807) is 6.21 Å². The SMILES string of the molecule is O=C(Nc1ccc(-c2ccccc2)cc1)C1=C(O)C2=C(NC1)N1NCCC1N=C2. The van der Waals surface area contributed by atoms with Crippen LogP contribution in [0.1, 0.15) is 6.42 Å². The number of fused-ring (bicyclic) bond motifs is 2. The van der Waals surface area contributed by atoms with E-state index in [0.717, 1.165) is 29.9 Å². The number of allylic oxidation sites excluding steroid dienone is 1. The van der Waals surface area contributed by atoms with Gasteiger partial charge in [0, 0.05) is 24.9 Å². The van der Waals surface area contributed by atoms with Gasteiger partial charge in [-0.3, -0.25) is 14.8 Å². The van der Waals surface area contributed by atoms with Gasteiger partial charge in [0.05, 0.1) is 17.7 Å². The number of aliphatic imine (C=N–C) groups is 1. The number of benzene rings is 2. The number of dihydropyridines is 1. The third kappa shape index (κ3) is 3.15. The third-order valence-corrected chi connectivity index (χ3v) is 5.35. The van der Waals surface area contributed by atoms with E-state index in [0.29, 0.717) is 16.8 Å². The van der Waals surface area contributed by atoms with Gasteiger partial charge in [-0.25, -0.2) is 5.43 Å². The Morgan fingerprint density at radius 3 is 2.66 bits per heavy atom. The van der Waals surface area contributed by atoms with Gasteiger partial charge < -0.3 is 15.7 Å². The highest BCUT2D eigenvalue weighted by molar-refractivity contribution is 6.06. The second-order valence-corrected chi connectivity index (χ2v) is 7.17. The molecular formula is C22H21N5O2. The van der Waals surface area contributed by atoms with Crippen molar-refractivity contribution >= 4 is 17.8 Å². The average molecular weight is 387 g/mol. The summed E-state index contributed by atoms with van der Waals surface area (Å²) in [5.41, 5.74) is 6.94. The molecule has 0 aliphatic carbocycles. The number of carbonyl (C=O) groups excluding carboxylic acids is 1. The van der Waals surface area contributed by atoms with Crippen LogP contribution in [0.2, 0.25) is 0 Å². The Labute approximate surface area is 168 Å². The quantitative estimate of drug-likeness (QED) is 0.650. The lowest BCUT2D eigenvalue weighted by atomic mass is 10.0. The van der Waals surface area contributed by atoms with Gasteiger partial charge >= 0.3 is 0 Å². The van der Waals surface area contributed by atoms with Crippen molar-refractivity contribution in [1.82, 2.24) is 15.8 Å². The Kier molecular flexibility index (Phi) is 4.29. The fourth-order valence-electron chi connectivity index (χ4n) is 3.81. The van der Waals surface area contributed by atoms with Crippen LogP contribution in [-0.4, -0.2) is 41.5 Å². The Bertz CT molecular complexity index is 1040. The molecule has 2 aromatic carbocycles. The van der Waals surface area contributed by atoms with Crippen molar-refractivity contribution in [2.45, 2.75) is 12.6 Å². The molecule has 0 radical (unpaired) electrons. The lowest BCUT2D eigenvalue weighted by Crippen LogP contribution is -2.47. The number of hydrogen-bond acceptors (Lipinski definition) is 6. The van der Waals surface area contributed by atoms with Crippen LogP contribution >= 0.6 is 0 Å². The molecule has 29 heavy (non-hydrogen) atoms. The van der Waals surface area contributed by atoms with E-state index in [2.05, 4.69) is 21.1 Å². The Morgan fingerprint density at radius 1 is 1.10 bits per heavy atom. The van der Waals surface area contributed by atoms with Crippen LogP contribution < -0.4 is 16.1 Å². The molecule has 146 valence electrons. The van der Waals surface area contributed by atoms with Crippen LogP contribution in [0.5, 0.6) is 0 Å². The first kappa shape index (κ1) is 17.5. The first-order chi connectivity index (χ1) is 14.2. The molecule has 7 heteroatoms. The summed E-state index contributed by atoms with van der Waals surface area (Å²) in [7, 11) is 0. The zero-order valence-electron chi connectivity index (χ0n) is 15.7. The predicted molar refractivity (Wildman–Crippen MR) is 112 cm³/mol. The molecule has 7 nitrogen and oxygen atoms in total. The maximum atomic E-state index is 12.8. The predicted octanol–water partition coefficient (Wildman–Crippen LogP) is 2.54. The molecule has 0 saturated carbocycles. The molecule has 0 spiro atoms. The number of amides is 1. The summed E-state index contributed by atoms with van der Waals surface area (Å²) in [5, 5.41) is 18.7. The highest BCUT2D eigenvalue weighted by Crippen LogP contribution is 2.28. The highest BCUT2D eigenvalue weighted by atomic mass is 16.3. The number of aliphatic hydroxyl groups is 1. The molecule has 2 aromatic rings. The lowest BCUT2D eigenvalue weighted by Gasteiger charge is -2.34. The molecule has 0 aromatic heterocycles. The van der Waals surface area contributed by atoms with Crippen LogP contribution in [-0.2, 0) is 4.79 Å². The number of hydrogen-bond donors (Lipinski definition) is 4. The van der Waals surface area contributed by atoms with Gasteiger partial charge in [0.15, 0.2) is 0 Å². The molecule has 1 fully saturated rings. The Hall–Kier alpha value is -3.58. The van der Waals surface area contributed by atoms with Crippen LogP contribution in [0.15, 0.2) is 82.3 Å². The van der Waals surface area contributed by atoms with Crippen molar-refractivity contribution in [3.63, 3.8) is 0 Å². The minimum Gasteiger partial charge on any atom is -0.507 e. The maximum absolute atomic E-state index is 12.8. The Morgan fingerprint density at radius 2 is 1.86 bits per heavy atom. The molecule has 1 saturated heterocycles. The third-order valence-electron chi connectivity index (χ3n) is 5.35. The molecule has 1 unspecified atom stereocenters. The van der Waals surface area contributed by atoms with Crippen LogP contribution in [0.4, 0.5) is 5.69 Å². The molecule has 3 aliphatic rings. The standard InChI is InChI=1S/C22H21N5O2/c28-20-17-12-23-19-10-11-25-27(19)21(17)24-13-18(20)22(29)26-16-8-6-15(7-9-16)14-4-2-1-3-5-14/h1-9,12,19,24-25,28H,10-11,13H2,(H,26,29). The van der Waals surface area contributed by atoms with Gasteiger partial charge in [0.25, 0.3) is 5.91 Å². The van der Waals surface area contributed by atoms with E-state index in [-0.39, 0.29) is 24.4 Å². The van der Waals surface area contributed by atoms with Crippen molar-refractivity contribution in [2.75, 3.05) is 18.4 Å². The minimum atomic E-state index is -0.334. The molecule has 3 aliphatic heterocycles. The smallest absolute Gasteiger partial charge is 0.257 e. The van der Waals surface area contributed by atoms with Crippen molar-refractivity contribution in [1.29, 1.82) is 0 Å². The van der Waals surface area contributed by atoms with E-state index in [1.807, 2.05) is 59.6 Å². The van der Waals surface area contributed by atoms with Crippen molar-refractivity contribution in [3.05, 3.63) is 77.3 Å². The number of anilines is 1. The summed E-state index contributed by atoms with van der Waals surface area (Å²) in [5.74, 6) is 0.399. The number of rotatable bonds is 3. The fourth-order valence-corrected chi connectivity index (χ4v) is 3.81. The molecule has 1 amide bonds. The fraction of sp³-hybridized carbons (Fsp3) is 0.182. The number of nitrogens with zero attached hydrogens (tertiary/aromatic N) is 2. The highest BCUT2D eigenvalue weighted by Gasteiger charge is 2.35. The van der Waals surface area contributed by atoms with Gasteiger partial charge in [-0.1, -0.05) is 42.5 Å². The van der Waals surface area contributed by atoms with Crippen LogP contribution in [0.3, 0.4) is 0 Å². The van der Waals surface area contributed by atoms with Gasteiger partial charge in [-0.15, -0.1) is 0 Å². The second-order valence-electron chi connectivity index (χ2n) is 7.17. The van der Waals surface area contributed by atoms with E-state index in [9.17, 15) is 9.90 Å². The van der Waals surface area contributed by atoms with Crippen LogP contribution in [0.25, 0.3) is 11.1 Å². The number of nitrogens with one attached hydrogen (secondary N) is 3. The second kappa shape index (κ2) is 7.10. The maximum Gasteiger partial charge on any atom is 0.257 e. The summed E-state index contributed by atoms with van der Waals surface area (Å²) in [6.07, 6.45) is 2.59. The average Bonchev–Trinajstić information content (AvgIpc) is 3.24. The summed E-state index contributed by atoms with van der Waals surface area (Å²) in [6, 6.07) is 17.7. The molecule has 0 bridgehead atoms. The van der Waals surface area contributed by atoms with Gasteiger partial charge in [-0.2, -0.15) is 0 Å². The normalized spacial score (nSPS) is 20.3. The van der Waals surface area contributed by atoms with E-state index < -0.39 is 0 Å². The van der Waals surface area contributed by atoms with Crippen molar-refractivity contribution < 1.29 is 9.90 Å². The molecule has 5 rings (SSSR count). The summed E-state index contributed by atoms with van der Waals surface area (Å²) in [4.78, 5) is 17.2. The molecule has 4 N–H and O–H groups in total. The zero-order valence-corrected chi connectivity index (χ0v) is 15.7. The zero-order chi connectivity index (χ0) is 19.8. The van der Waals surface area contributed by atoms with E-state index >= 15 is 0 Å². The lowest BCUT2D eigenvalue weighted by molar-refractivity contribution is -0.113. The largest absolute Gasteiger partial charge is 0.507 e. The molecule has 3 heterocycles. The summed E-state index contributed by atoms with van der Waals surface area (Å²) >= 11 is 0. The van der Waals surface area contributed by atoms with Crippen LogP contribution in [0, 0.1) is 0 Å². The first-order valence-corrected chi connectivity index (χ1v) is 9.64. The summed E-state index contributed by atoms with van der Waals surface area (Å²) in [6.45, 7) is 1.08. The van der Waals surface area contributed by atoms with Crippen molar-refractivity contribution in [3.8, 4) is 11.1 Å². The first-order valence-electron chi connectivity index (χ1n) is 9.64. The van der Waals surface area contributed by atoms with E-state index in [1.165, 1.54) is 0 Å². The van der Waals surface area contributed by atoms with Gasteiger partial charge in [0.2, 0.25) is 0 Å². The van der Waals surface area contributed by atoms with Gasteiger partial charge in [-0.05, 0) is 23.3 Å². The topological polar surface area (TPSA) is 89.0 Å². The molecule has 1 atom stereocenters. The monoisotopic (exact) mass is 387 g/mol. The number of carbonyl (C=O) groups is 1. The van der Waals surface area contributed by atoms with Crippen molar-refractivity contribution in [2.24, 2.45) is 4.99 Å². The minimum absolute atomic E-state index is 0.0342. The molecular weight excluding hydrogens is 366 g/mol. The van der Waals surface area contributed by atoms with Gasteiger partial charge in [0.1, 0.15) is 17.7 Å². The number of aliphatic hydroxyl groups excluding tert-OH is 1.